The van der Waals surface area contributed by atoms with Crippen LogP contribution < -0.4 is 10.2 Å². The van der Waals surface area contributed by atoms with Crippen molar-refractivity contribution in [1.82, 2.24) is 19.6 Å². The van der Waals surface area contributed by atoms with Crippen LogP contribution in [0.4, 0.5) is 15.9 Å². The predicted octanol–water partition coefficient (Wildman–Crippen LogP) is 2.65. The molecule has 6 nitrogen and oxygen atoms in total. The molecule has 24 heavy (non-hydrogen) atoms. The van der Waals surface area contributed by atoms with Crippen LogP contribution in [0.15, 0.2) is 36.9 Å². The number of anilines is 2. The minimum atomic E-state index is -0.188. The number of nitrogens with zero attached hydrogens (tertiary/aromatic N) is 5. The van der Waals surface area contributed by atoms with E-state index in [4.69, 9.17) is 0 Å². The summed E-state index contributed by atoms with van der Waals surface area (Å²) in [7, 11) is 0. The van der Waals surface area contributed by atoms with E-state index in [-0.39, 0.29) is 11.9 Å². The number of rotatable bonds is 3. The van der Waals surface area contributed by atoms with Gasteiger partial charge in [-0.05, 0) is 43.5 Å². The zero-order valence-electron chi connectivity index (χ0n) is 13.5. The molecule has 1 aliphatic rings. The molecule has 1 saturated heterocycles. The molecule has 0 amide bonds. The van der Waals surface area contributed by atoms with E-state index in [1.807, 2.05) is 13.0 Å². The van der Waals surface area contributed by atoms with Crippen molar-refractivity contribution in [3.8, 4) is 0 Å². The first kappa shape index (κ1) is 14.9. The molecule has 1 N–H and O–H groups in total. The SMILES string of the molecule is Cc1cc(F)ccc1N1CCCC(Nc2cncc3ncnn23)C1. The lowest BCUT2D eigenvalue weighted by molar-refractivity contribution is 0.526. The third-order valence-corrected chi connectivity index (χ3v) is 4.46. The van der Waals surface area contributed by atoms with Crippen LogP contribution in [0.1, 0.15) is 18.4 Å². The molecular formula is C17H19FN6. The number of benzene rings is 1. The molecule has 0 radical (unpaired) electrons. The summed E-state index contributed by atoms with van der Waals surface area (Å²) in [5, 5.41) is 7.76. The van der Waals surface area contributed by atoms with Crippen LogP contribution >= 0.6 is 0 Å². The van der Waals surface area contributed by atoms with E-state index < -0.39 is 0 Å². The van der Waals surface area contributed by atoms with Crippen LogP contribution in [0.2, 0.25) is 0 Å². The Morgan fingerprint density at radius 1 is 1.29 bits per heavy atom. The lowest BCUT2D eigenvalue weighted by Gasteiger charge is -2.36. The molecular weight excluding hydrogens is 307 g/mol. The minimum absolute atomic E-state index is 0.188. The molecule has 0 saturated carbocycles. The number of hydrogen-bond donors (Lipinski definition) is 1. The Morgan fingerprint density at radius 3 is 3.08 bits per heavy atom. The number of piperidine rings is 1. The quantitative estimate of drug-likeness (QED) is 0.802. The van der Waals surface area contributed by atoms with Crippen LogP contribution in [0, 0.1) is 12.7 Å². The monoisotopic (exact) mass is 326 g/mol. The van der Waals surface area contributed by atoms with Gasteiger partial charge in [0.2, 0.25) is 0 Å². The van der Waals surface area contributed by atoms with Crippen molar-refractivity contribution in [2.24, 2.45) is 0 Å². The summed E-state index contributed by atoms with van der Waals surface area (Å²) in [4.78, 5) is 10.7. The van der Waals surface area contributed by atoms with Crippen LogP contribution in [-0.4, -0.2) is 38.7 Å². The second-order valence-corrected chi connectivity index (χ2v) is 6.18. The minimum Gasteiger partial charge on any atom is -0.369 e. The number of aromatic nitrogens is 4. The van der Waals surface area contributed by atoms with E-state index in [9.17, 15) is 4.39 Å². The van der Waals surface area contributed by atoms with Gasteiger partial charge in [-0.25, -0.2) is 9.37 Å². The Balaban J connectivity index is 1.54. The number of halogens is 1. The molecule has 1 unspecified atom stereocenters. The first-order valence-corrected chi connectivity index (χ1v) is 8.12. The maximum Gasteiger partial charge on any atom is 0.175 e. The average Bonchev–Trinajstić information content (AvgIpc) is 3.05. The fourth-order valence-corrected chi connectivity index (χ4v) is 3.35. The number of hydrogen-bond acceptors (Lipinski definition) is 5. The van der Waals surface area contributed by atoms with Gasteiger partial charge in [-0.3, -0.25) is 4.98 Å². The molecule has 124 valence electrons. The third kappa shape index (κ3) is 2.77. The largest absolute Gasteiger partial charge is 0.369 e. The van der Waals surface area contributed by atoms with Gasteiger partial charge in [-0.2, -0.15) is 9.61 Å². The van der Waals surface area contributed by atoms with Gasteiger partial charge < -0.3 is 10.2 Å². The van der Waals surface area contributed by atoms with Crippen molar-refractivity contribution in [2.75, 3.05) is 23.3 Å². The van der Waals surface area contributed by atoms with Crippen molar-refractivity contribution in [1.29, 1.82) is 0 Å². The van der Waals surface area contributed by atoms with Crippen LogP contribution in [0.3, 0.4) is 0 Å². The van der Waals surface area contributed by atoms with Gasteiger partial charge >= 0.3 is 0 Å². The Labute approximate surface area is 139 Å². The smallest absolute Gasteiger partial charge is 0.175 e. The topological polar surface area (TPSA) is 58.3 Å². The summed E-state index contributed by atoms with van der Waals surface area (Å²) in [6, 6.07) is 5.26. The maximum atomic E-state index is 13.3. The molecule has 1 atom stereocenters. The van der Waals surface area contributed by atoms with Crippen molar-refractivity contribution in [3.63, 3.8) is 0 Å². The van der Waals surface area contributed by atoms with Gasteiger partial charge in [-0.1, -0.05) is 0 Å². The first-order chi connectivity index (χ1) is 11.7. The molecule has 1 aliphatic heterocycles. The molecule has 2 aromatic heterocycles. The van der Waals surface area contributed by atoms with Crippen molar-refractivity contribution < 1.29 is 4.39 Å². The van der Waals surface area contributed by atoms with Gasteiger partial charge in [0.15, 0.2) is 5.65 Å². The van der Waals surface area contributed by atoms with E-state index in [2.05, 4.69) is 25.3 Å². The average molecular weight is 326 g/mol. The summed E-state index contributed by atoms with van der Waals surface area (Å²) in [6.45, 7) is 3.80. The molecule has 3 heterocycles. The second kappa shape index (κ2) is 6.07. The summed E-state index contributed by atoms with van der Waals surface area (Å²) < 4.78 is 15.1. The second-order valence-electron chi connectivity index (χ2n) is 6.18. The van der Waals surface area contributed by atoms with Crippen LogP contribution in [-0.2, 0) is 0 Å². The summed E-state index contributed by atoms with van der Waals surface area (Å²) in [5.41, 5.74) is 2.79. The number of nitrogens with one attached hydrogen (secondary N) is 1. The highest BCUT2D eigenvalue weighted by atomic mass is 19.1. The van der Waals surface area contributed by atoms with Gasteiger partial charge in [0.05, 0.1) is 12.4 Å². The molecule has 1 fully saturated rings. The van der Waals surface area contributed by atoms with Crippen molar-refractivity contribution >= 4 is 17.2 Å². The van der Waals surface area contributed by atoms with Crippen LogP contribution in [0.5, 0.6) is 0 Å². The zero-order valence-corrected chi connectivity index (χ0v) is 13.5. The maximum absolute atomic E-state index is 13.3. The summed E-state index contributed by atoms with van der Waals surface area (Å²) in [6.07, 6.45) is 7.13. The lowest BCUT2D eigenvalue weighted by Crippen LogP contribution is -2.42. The molecule has 7 heteroatoms. The highest BCUT2D eigenvalue weighted by Gasteiger charge is 2.22. The molecule has 0 spiro atoms. The molecule has 0 aliphatic carbocycles. The first-order valence-electron chi connectivity index (χ1n) is 8.12. The van der Waals surface area contributed by atoms with Gasteiger partial charge in [-0.15, -0.1) is 0 Å². The van der Waals surface area contributed by atoms with Gasteiger partial charge in [0.1, 0.15) is 18.0 Å². The number of aryl methyl sites for hydroxylation is 1. The highest BCUT2D eigenvalue weighted by Crippen LogP contribution is 2.25. The molecule has 0 bridgehead atoms. The van der Waals surface area contributed by atoms with Crippen molar-refractivity contribution in [2.45, 2.75) is 25.8 Å². The van der Waals surface area contributed by atoms with E-state index in [1.54, 1.807) is 23.0 Å². The molecule has 4 rings (SSSR count). The fourth-order valence-electron chi connectivity index (χ4n) is 3.35. The Kier molecular flexibility index (Phi) is 3.76. The Bertz CT molecular complexity index is 861. The van der Waals surface area contributed by atoms with E-state index >= 15 is 0 Å². The molecule has 1 aromatic carbocycles. The molecule has 3 aromatic rings. The van der Waals surface area contributed by atoms with E-state index in [1.165, 1.54) is 12.4 Å². The van der Waals surface area contributed by atoms with E-state index in [0.29, 0.717) is 0 Å². The Morgan fingerprint density at radius 2 is 2.21 bits per heavy atom. The number of fused-ring (bicyclic) bond motifs is 1. The van der Waals surface area contributed by atoms with E-state index in [0.717, 1.165) is 48.6 Å². The highest BCUT2D eigenvalue weighted by molar-refractivity contribution is 5.54. The summed E-state index contributed by atoms with van der Waals surface area (Å²) >= 11 is 0. The van der Waals surface area contributed by atoms with Crippen LogP contribution in [0.25, 0.3) is 5.65 Å². The lowest BCUT2D eigenvalue weighted by atomic mass is 10.0. The standard InChI is InChI=1S/C17H19FN6/c1-12-7-13(18)4-5-15(12)23-6-2-3-14(10-23)22-17-9-19-8-16-20-11-21-24(16)17/h4-5,7-9,11,14,22H,2-3,6,10H2,1H3. The normalized spacial score (nSPS) is 18.1. The predicted molar refractivity (Wildman–Crippen MR) is 90.8 cm³/mol. The third-order valence-electron chi connectivity index (χ3n) is 4.46. The summed E-state index contributed by atoms with van der Waals surface area (Å²) in [5.74, 6) is 0.652. The van der Waals surface area contributed by atoms with Gasteiger partial charge in [0.25, 0.3) is 0 Å². The van der Waals surface area contributed by atoms with Gasteiger partial charge in [0, 0.05) is 24.8 Å². The fraction of sp³-hybridized carbons (Fsp3) is 0.353. The van der Waals surface area contributed by atoms with Crippen molar-refractivity contribution in [3.05, 3.63) is 48.3 Å². The zero-order chi connectivity index (χ0) is 16.5. The Hall–Kier alpha value is -2.70.